The molecule has 4 aromatic rings. The summed E-state index contributed by atoms with van der Waals surface area (Å²) in [6, 6.07) is 23.9. The van der Waals surface area contributed by atoms with Crippen molar-refractivity contribution in [2.24, 2.45) is 0 Å². The number of pyridine rings is 1. The van der Waals surface area contributed by atoms with Crippen LogP contribution in [0.25, 0.3) is 10.9 Å². The van der Waals surface area contributed by atoms with Crippen LogP contribution in [0.2, 0.25) is 0 Å². The summed E-state index contributed by atoms with van der Waals surface area (Å²) in [5, 5.41) is 3.30. The Bertz CT molecular complexity index is 1330. The minimum absolute atomic E-state index is 0.0854. The van der Waals surface area contributed by atoms with Gasteiger partial charge >= 0.3 is 0 Å². The van der Waals surface area contributed by atoms with Gasteiger partial charge in [0.25, 0.3) is 5.91 Å². The van der Waals surface area contributed by atoms with Gasteiger partial charge < -0.3 is 15.0 Å². The molecule has 0 radical (unpaired) electrons. The van der Waals surface area contributed by atoms with Crippen LogP contribution in [0.15, 0.2) is 83.8 Å². The fourth-order valence-electron chi connectivity index (χ4n) is 4.09. The summed E-state index contributed by atoms with van der Waals surface area (Å²) >= 11 is 0. The molecule has 180 valence electrons. The van der Waals surface area contributed by atoms with Crippen LogP contribution in [0, 0.1) is 0 Å². The predicted molar refractivity (Wildman–Crippen MR) is 140 cm³/mol. The second-order valence-electron chi connectivity index (χ2n) is 8.43. The normalized spacial score (nSPS) is 11.1. The molecule has 0 spiro atoms. The topological polar surface area (TPSA) is 74.4 Å². The van der Waals surface area contributed by atoms with Gasteiger partial charge in [0, 0.05) is 25.8 Å². The number of nitrogens with one attached hydrogen (secondary N) is 2. The molecule has 0 atom stereocenters. The molecule has 1 heterocycles. The van der Waals surface area contributed by atoms with Crippen molar-refractivity contribution in [3.63, 3.8) is 0 Å². The van der Waals surface area contributed by atoms with Crippen LogP contribution in [0.1, 0.15) is 40.9 Å². The van der Waals surface area contributed by atoms with Gasteiger partial charge in [0.2, 0.25) is 5.43 Å². The summed E-state index contributed by atoms with van der Waals surface area (Å²) < 4.78 is 5.58. The van der Waals surface area contributed by atoms with Gasteiger partial charge in [-0.3, -0.25) is 14.5 Å². The van der Waals surface area contributed by atoms with Crippen molar-refractivity contribution in [3.8, 4) is 5.75 Å². The number of aromatic amines is 1. The number of para-hydroxylation sites is 1. The minimum Gasteiger partial charge on any atom is -0.492 e. The molecule has 6 nitrogen and oxygen atoms in total. The van der Waals surface area contributed by atoms with E-state index in [1.165, 1.54) is 17.3 Å². The number of rotatable bonds is 10. The Morgan fingerprint density at radius 2 is 1.57 bits per heavy atom. The molecule has 0 bridgehead atoms. The van der Waals surface area contributed by atoms with Crippen molar-refractivity contribution >= 4 is 16.8 Å². The first-order valence-corrected chi connectivity index (χ1v) is 12.0. The van der Waals surface area contributed by atoms with Crippen LogP contribution >= 0.6 is 0 Å². The number of ether oxygens (including phenoxy) is 1. The average Bonchev–Trinajstić information content (AvgIpc) is 2.89. The first-order valence-electron chi connectivity index (χ1n) is 12.0. The van der Waals surface area contributed by atoms with E-state index < -0.39 is 5.91 Å². The lowest BCUT2D eigenvalue weighted by Gasteiger charge is -2.20. The Balaban J connectivity index is 1.38. The van der Waals surface area contributed by atoms with Crippen molar-refractivity contribution in [3.05, 3.63) is 111 Å². The summed E-state index contributed by atoms with van der Waals surface area (Å²) in [5.41, 5.74) is 3.86. The minimum atomic E-state index is -0.404. The van der Waals surface area contributed by atoms with Crippen LogP contribution < -0.4 is 15.5 Å². The zero-order valence-electron chi connectivity index (χ0n) is 20.2. The summed E-state index contributed by atoms with van der Waals surface area (Å²) in [5.74, 6) is 0.193. The van der Waals surface area contributed by atoms with Gasteiger partial charge in [-0.1, -0.05) is 67.6 Å². The second kappa shape index (κ2) is 11.5. The highest BCUT2D eigenvalue weighted by Gasteiger charge is 2.15. The van der Waals surface area contributed by atoms with Gasteiger partial charge in [-0.15, -0.1) is 0 Å². The molecule has 35 heavy (non-hydrogen) atoms. The van der Waals surface area contributed by atoms with E-state index in [0.717, 1.165) is 25.2 Å². The molecule has 6 heteroatoms. The van der Waals surface area contributed by atoms with Gasteiger partial charge in [-0.2, -0.15) is 0 Å². The Morgan fingerprint density at radius 3 is 2.26 bits per heavy atom. The number of carbonyl (C=O) groups excluding carboxylic acids is 1. The smallest absolute Gasteiger partial charge is 0.257 e. The number of carbonyl (C=O) groups is 1. The summed E-state index contributed by atoms with van der Waals surface area (Å²) in [6.45, 7) is 7.60. The lowest BCUT2D eigenvalue weighted by molar-refractivity contribution is 0.0949. The van der Waals surface area contributed by atoms with Gasteiger partial charge in [0.05, 0.1) is 17.5 Å². The molecule has 0 unspecified atom stereocenters. The predicted octanol–water partition coefficient (Wildman–Crippen LogP) is 4.88. The highest BCUT2D eigenvalue weighted by molar-refractivity contribution is 5.97. The van der Waals surface area contributed by atoms with Crippen molar-refractivity contribution < 1.29 is 9.53 Å². The standard InChI is InChI=1S/C29H31N3O3/c1-3-32(19-22-9-6-5-7-10-22)20-23-15-13-21(14-16-23)17-31-29(34)25-18-30-27-24(28(25)33)11-8-12-26(27)35-4-2/h5-16,18H,3-4,17,19-20H2,1-2H3,(H,30,33)(H,31,34). The number of H-pyrrole nitrogens is 1. The average molecular weight is 470 g/mol. The molecular formula is C29H31N3O3. The van der Waals surface area contributed by atoms with Gasteiger partial charge in [0.15, 0.2) is 0 Å². The zero-order chi connectivity index (χ0) is 24.6. The Hall–Kier alpha value is -3.90. The molecule has 0 fully saturated rings. The van der Waals surface area contributed by atoms with Gasteiger partial charge in [-0.25, -0.2) is 0 Å². The van der Waals surface area contributed by atoms with E-state index in [-0.39, 0.29) is 11.0 Å². The van der Waals surface area contributed by atoms with Gasteiger partial charge in [0.1, 0.15) is 11.3 Å². The molecule has 4 rings (SSSR count). The number of amides is 1. The fraction of sp³-hybridized carbons (Fsp3) is 0.241. The summed E-state index contributed by atoms with van der Waals surface area (Å²) in [4.78, 5) is 31.1. The van der Waals surface area contributed by atoms with Crippen molar-refractivity contribution in [2.45, 2.75) is 33.5 Å². The number of fused-ring (bicyclic) bond motifs is 1. The molecule has 0 saturated heterocycles. The number of aromatic nitrogens is 1. The van der Waals surface area contributed by atoms with E-state index in [0.29, 0.717) is 29.8 Å². The molecular weight excluding hydrogens is 438 g/mol. The Kier molecular flexibility index (Phi) is 7.95. The maximum atomic E-state index is 12.9. The van der Waals surface area contributed by atoms with E-state index in [1.54, 1.807) is 18.2 Å². The Labute approximate surface area is 205 Å². The number of benzene rings is 3. The monoisotopic (exact) mass is 469 g/mol. The first-order chi connectivity index (χ1) is 17.1. The van der Waals surface area contributed by atoms with E-state index >= 15 is 0 Å². The number of nitrogens with zero attached hydrogens (tertiary/aromatic N) is 1. The lowest BCUT2D eigenvalue weighted by atomic mass is 10.1. The van der Waals surface area contributed by atoms with E-state index in [2.05, 4.69) is 58.5 Å². The molecule has 0 aliphatic heterocycles. The van der Waals surface area contributed by atoms with Crippen molar-refractivity contribution in [1.29, 1.82) is 0 Å². The third-order valence-electron chi connectivity index (χ3n) is 6.00. The van der Waals surface area contributed by atoms with E-state index in [1.807, 2.05) is 25.1 Å². The second-order valence-corrected chi connectivity index (χ2v) is 8.43. The largest absolute Gasteiger partial charge is 0.492 e. The molecule has 3 aromatic carbocycles. The van der Waals surface area contributed by atoms with E-state index in [4.69, 9.17) is 4.74 Å². The van der Waals surface area contributed by atoms with Gasteiger partial charge in [-0.05, 0) is 42.3 Å². The number of hydrogen-bond donors (Lipinski definition) is 2. The van der Waals surface area contributed by atoms with Crippen LogP contribution in [-0.4, -0.2) is 28.9 Å². The summed E-state index contributed by atoms with van der Waals surface area (Å²) in [7, 11) is 0. The highest BCUT2D eigenvalue weighted by atomic mass is 16.5. The Morgan fingerprint density at radius 1 is 0.886 bits per heavy atom. The molecule has 0 saturated carbocycles. The lowest BCUT2D eigenvalue weighted by Crippen LogP contribution is -2.28. The third kappa shape index (κ3) is 5.97. The van der Waals surface area contributed by atoms with Crippen LogP contribution in [0.4, 0.5) is 0 Å². The molecule has 1 amide bonds. The molecule has 1 aromatic heterocycles. The van der Waals surface area contributed by atoms with Crippen molar-refractivity contribution in [1.82, 2.24) is 15.2 Å². The fourth-order valence-corrected chi connectivity index (χ4v) is 4.09. The maximum absolute atomic E-state index is 12.9. The SMILES string of the molecule is CCOc1cccc2c(=O)c(C(=O)NCc3ccc(CN(CC)Cc4ccccc4)cc3)c[nH]c12. The molecule has 0 aliphatic carbocycles. The molecule has 0 aliphatic rings. The van der Waals surface area contributed by atoms with Crippen molar-refractivity contribution in [2.75, 3.05) is 13.2 Å². The van der Waals surface area contributed by atoms with E-state index in [9.17, 15) is 9.59 Å². The van der Waals surface area contributed by atoms with Crippen LogP contribution in [0.5, 0.6) is 5.75 Å². The molecule has 2 N–H and O–H groups in total. The first kappa shape index (κ1) is 24.2. The quantitative estimate of drug-likeness (QED) is 0.347. The zero-order valence-corrected chi connectivity index (χ0v) is 20.2. The van der Waals surface area contributed by atoms with Crippen LogP contribution in [0.3, 0.4) is 0 Å². The number of hydrogen-bond acceptors (Lipinski definition) is 4. The highest BCUT2D eigenvalue weighted by Crippen LogP contribution is 2.21. The maximum Gasteiger partial charge on any atom is 0.257 e. The van der Waals surface area contributed by atoms with Crippen LogP contribution in [-0.2, 0) is 19.6 Å². The third-order valence-corrected chi connectivity index (χ3v) is 6.00. The summed E-state index contributed by atoms with van der Waals surface area (Å²) in [6.07, 6.45) is 1.46.